The highest BCUT2D eigenvalue weighted by atomic mass is 19.1. The minimum absolute atomic E-state index is 0.300. The Bertz CT molecular complexity index is 998. The lowest BCUT2D eigenvalue weighted by atomic mass is 10.1. The highest BCUT2D eigenvalue weighted by Crippen LogP contribution is 2.18. The monoisotopic (exact) mass is 395 g/mol. The number of carbonyl (C=O) groups excluding carboxylic acids is 2. The summed E-state index contributed by atoms with van der Waals surface area (Å²) in [7, 11) is 0. The number of ether oxygens (including phenoxy) is 1. The van der Waals surface area contributed by atoms with Crippen molar-refractivity contribution in [3.05, 3.63) is 82.9 Å². The van der Waals surface area contributed by atoms with E-state index in [1.807, 2.05) is 30.3 Å². The Kier molecular flexibility index (Phi) is 6.39. The van der Waals surface area contributed by atoms with E-state index < -0.39 is 11.9 Å². The first-order valence-electron chi connectivity index (χ1n) is 9.25. The Labute approximate surface area is 168 Å². The molecule has 0 radical (unpaired) electrons. The molecule has 1 amide bonds. The molecule has 0 atom stereocenters. The minimum Gasteiger partial charge on any atom is -0.452 e. The molecule has 6 nitrogen and oxygen atoms in total. The van der Waals surface area contributed by atoms with E-state index in [9.17, 15) is 14.0 Å². The fourth-order valence-electron chi connectivity index (χ4n) is 3.01. The number of para-hydroxylation sites is 1. The molecule has 0 bridgehead atoms. The van der Waals surface area contributed by atoms with Crippen LogP contribution in [0.5, 0.6) is 0 Å². The summed E-state index contributed by atoms with van der Waals surface area (Å²) < 4.78 is 19.7. The van der Waals surface area contributed by atoms with Crippen LogP contribution in [0.4, 0.5) is 4.39 Å². The van der Waals surface area contributed by atoms with E-state index in [4.69, 9.17) is 4.74 Å². The standard InChI is InChI=1S/C22H22FN3O3/c1-15-21(16(2)26(25-15)19-6-4-3-5-7-19)22(28)29-14-20(27)24-13-12-17-8-10-18(23)11-9-17/h3-11H,12-14H2,1-2H3,(H,24,27). The zero-order valence-corrected chi connectivity index (χ0v) is 16.3. The van der Waals surface area contributed by atoms with Gasteiger partial charge in [0.15, 0.2) is 6.61 Å². The average Bonchev–Trinajstić information content (AvgIpc) is 3.02. The maximum atomic E-state index is 12.9. The summed E-state index contributed by atoms with van der Waals surface area (Å²) in [6.07, 6.45) is 0.558. The third-order valence-corrected chi connectivity index (χ3v) is 4.48. The Morgan fingerprint density at radius 1 is 1.07 bits per heavy atom. The first-order valence-corrected chi connectivity index (χ1v) is 9.25. The van der Waals surface area contributed by atoms with Crippen LogP contribution in [0.2, 0.25) is 0 Å². The van der Waals surface area contributed by atoms with E-state index in [-0.39, 0.29) is 12.4 Å². The summed E-state index contributed by atoms with van der Waals surface area (Å²) in [6.45, 7) is 3.50. The van der Waals surface area contributed by atoms with Crippen LogP contribution in [0.1, 0.15) is 27.3 Å². The van der Waals surface area contributed by atoms with Gasteiger partial charge in [-0.1, -0.05) is 30.3 Å². The minimum atomic E-state index is -0.587. The third-order valence-electron chi connectivity index (χ3n) is 4.48. The van der Waals surface area contributed by atoms with Crippen LogP contribution in [0.3, 0.4) is 0 Å². The molecule has 3 rings (SSSR count). The molecule has 3 aromatic rings. The Balaban J connectivity index is 1.53. The van der Waals surface area contributed by atoms with Crippen LogP contribution in [0, 0.1) is 19.7 Å². The van der Waals surface area contributed by atoms with Crippen LogP contribution in [0.25, 0.3) is 5.69 Å². The lowest BCUT2D eigenvalue weighted by Crippen LogP contribution is -2.30. The molecule has 0 aliphatic heterocycles. The van der Waals surface area contributed by atoms with Gasteiger partial charge in [-0.05, 0) is 50.1 Å². The fraction of sp³-hybridized carbons (Fsp3) is 0.227. The van der Waals surface area contributed by atoms with Crippen molar-refractivity contribution in [3.63, 3.8) is 0 Å². The first kappa shape index (κ1) is 20.3. The van der Waals surface area contributed by atoms with E-state index in [2.05, 4.69) is 10.4 Å². The topological polar surface area (TPSA) is 73.2 Å². The number of aromatic nitrogens is 2. The Morgan fingerprint density at radius 3 is 2.45 bits per heavy atom. The summed E-state index contributed by atoms with van der Waals surface area (Å²) >= 11 is 0. The smallest absolute Gasteiger partial charge is 0.342 e. The summed E-state index contributed by atoms with van der Waals surface area (Å²) in [5.74, 6) is -1.28. The lowest BCUT2D eigenvalue weighted by molar-refractivity contribution is -0.124. The van der Waals surface area contributed by atoms with Crippen molar-refractivity contribution in [3.8, 4) is 5.69 Å². The molecule has 0 saturated heterocycles. The molecule has 0 spiro atoms. The number of esters is 1. The van der Waals surface area contributed by atoms with Crippen molar-refractivity contribution in [1.29, 1.82) is 0 Å². The van der Waals surface area contributed by atoms with E-state index >= 15 is 0 Å². The maximum Gasteiger partial charge on any atom is 0.342 e. The number of hydrogen-bond acceptors (Lipinski definition) is 4. The SMILES string of the molecule is Cc1nn(-c2ccccc2)c(C)c1C(=O)OCC(=O)NCCc1ccc(F)cc1. The summed E-state index contributed by atoms with van der Waals surface area (Å²) in [6, 6.07) is 15.5. The van der Waals surface area contributed by atoms with E-state index in [0.717, 1.165) is 11.3 Å². The second-order valence-corrected chi connectivity index (χ2v) is 6.60. The molecule has 0 unspecified atom stereocenters. The second kappa shape index (κ2) is 9.14. The molecule has 0 saturated carbocycles. The molecule has 29 heavy (non-hydrogen) atoms. The fourth-order valence-corrected chi connectivity index (χ4v) is 3.01. The summed E-state index contributed by atoms with van der Waals surface area (Å²) in [4.78, 5) is 24.4. The number of hydrogen-bond donors (Lipinski definition) is 1. The van der Waals surface area contributed by atoms with Crippen molar-refractivity contribution in [2.24, 2.45) is 0 Å². The van der Waals surface area contributed by atoms with Crippen molar-refractivity contribution in [1.82, 2.24) is 15.1 Å². The number of halogens is 1. The number of carbonyl (C=O) groups is 2. The van der Waals surface area contributed by atoms with Crippen LogP contribution in [-0.4, -0.2) is 34.8 Å². The molecule has 1 heterocycles. The maximum absolute atomic E-state index is 12.9. The Hall–Kier alpha value is -3.48. The van der Waals surface area contributed by atoms with E-state index in [0.29, 0.717) is 29.9 Å². The molecule has 1 N–H and O–H groups in total. The van der Waals surface area contributed by atoms with Gasteiger partial charge in [-0.25, -0.2) is 13.9 Å². The van der Waals surface area contributed by atoms with Crippen LogP contribution < -0.4 is 5.32 Å². The summed E-state index contributed by atoms with van der Waals surface area (Å²) in [5.41, 5.74) is 3.28. The van der Waals surface area contributed by atoms with Crippen molar-refractivity contribution in [2.45, 2.75) is 20.3 Å². The lowest BCUT2D eigenvalue weighted by Gasteiger charge is -2.08. The van der Waals surface area contributed by atoms with E-state index in [1.165, 1.54) is 12.1 Å². The number of benzene rings is 2. The van der Waals surface area contributed by atoms with Gasteiger partial charge in [-0.2, -0.15) is 5.10 Å². The number of aryl methyl sites for hydroxylation is 1. The van der Waals surface area contributed by atoms with Crippen LogP contribution in [-0.2, 0) is 16.0 Å². The zero-order chi connectivity index (χ0) is 20.8. The molecule has 150 valence electrons. The zero-order valence-electron chi connectivity index (χ0n) is 16.3. The predicted octanol–water partition coefficient (Wildman–Crippen LogP) is 3.14. The number of amides is 1. The van der Waals surface area contributed by atoms with Gasteiger partial charge in [0.2, 0.25) is 0 Å². The molecule has 0 aliphatic carbocycles. The summed E-state index contributed by atoms with van der Waals surface area (Å²) in [5, 5.41) is 7.09. The van der Waals surface area contributed by atoms with Gasteiger partial charge in [0.25, 0.3) is 5.91 Å². The third kappa shape index (κ3) is 5.07. The Morgan fingerprint density at radius 2 is 1.76 bits per heavy atom. The van der Waals surface area contributed by atoms with Gasteiger partial charge in [-0.15, -0.1) is 0 Å². The van der Waals surface area contributed by atoms with Crippen LogP contribution >= 0.6 is 0 Å². The average molecular weight is 395 g/mol. The first-order chi connectivity index (χ1) is 14.0. The van der Waals surface area contributed by atoms with Gasteiger partial charge < -0.3 is 10.1 Å². The van der Waals surface area contributed by atoms with Gasteiger partial charge in [-0.3, -0.25) is 4.79 Å². The quantitative estimate of drug-likeness (QED) is 0.624. The van der Waals surface area contributed by atoms with Gasteiger partial charge in [0, 0.05) is 6.54 Å². The molecule has 2 aromatic carbocycles. The normalized spacial score (nSPS) is 10.6. The van der Waals surface area contributed by atoms with Gasteiger partial charge >= 0.3 is 5.97 Å². The van der Waals surface area contributed by atoms with Crippen molar-refractivity contribution in [2.75, 3.05) is 13.2 Å². The molecule has 0 aliphatic rings. The second-order valence-electron chi connectivity index (χ2n) is 6.60. The molecule has 7 heteroatoms. The van der Waals surface area contributed by atoms with Gasteiger partial charge in [0.1, 0.15) is 11.4 Å². The number of nitrogens with zero attached hydrogens (tertiary/aromatic N) is 2. The molecular weight excluding hydrogens is 373 g/mol. The highest BCUT2D eigenvalue weighted by Gasteiger charge is 2.21. The van der Waals surface area contributed by atoms with Gasteiger partial charge in [0.05, 0.1) is 17.1 Å². The van der Waals surface area contributed by atoms with E-state index in [1.54, 1.807) is 30.7 Å². The molecule has 1 aromatic heterocycles. The highest BCUT2D eigenvalue weighted by molar-refractivity contribution is 5.93. The van der Waals surface area contributed by atoms with Crippen molar-refractivity contribution < 1.29 is 18.7 Å². The molecular formula is C22H22FN3O3. The number of nitrogens with one attached hydrogen (secondary N) is 1. The van der Waals surface area contributed by atoms with Crippen molar-refractivity contribution >= 4 is 11.9 Å². The largest absolute Gasteiger partial charge is 0.452 e. The molecule has 0 fully saturated rings. The predicted molar refractivity (Wildman–Crippen MR) is 106 cm³/mol. The van der Waals surface area contributed by atoms with Crippen LogP contribution in [0.15, 0.2) is 54.6 Å². The number of rotatable bonds is 7.